The first-order valence-corrected chi connectivity index (χ1v) is 9.68. The molecule has 1 N–H and O–H groups in total. The van der Waals surface area contributed by atoms with E-state index >= 15 is 0 Å². The number of aromatic nitrogens is 3. The molecule has 3 rings (SSSR count). The van der Waals surface area contributed by atoms with Crippen LogP contribution in [-0.2, 0) is 13.1 Å². The molecule has 0 aromatic carbocycles. The van der Waals surface area contributed by atoms with Crippen molar-refractivity contribution in [1.82, 2.24) is 29.9 Å². The van der Waals surface area contributed by atoms with Crippen molar-refractivity contribution in [3.05, 3.63) is 47.5 Å². The highest BCUT2D eigenvalue weighted by molar-refractivity contribution is 7.80. The van der Waals surface area contributed by atoms with Crippen molar-refractivity contribution in [2.45, 2.75) is 33.4 Å². The summed E-state index contributed by atoms with van der Waals surface area (Å²) in [6.45, 7) is 10.9. The van der Waals surface area contributed by atoms with E-state index in [1.807, 2.05) is 25.4 Å². The summed E-state index contributed by atoms with van der Waals surface area (Å²) in [4.78, 5) is 8.92. The van der Waals surface area contributed by atoms with Crippen molar-refractivity contribution >= 4 is 17.3 Å². The van der Waals surface area contributed by atoms with E-state index < -0.39 is 0 Å². The molecule has 0 amide bonds. The highest BCUT2D eigenvalue weighted by atomic mass is 32.1. The molecule has 1 aliphatic rings. The van der Waals surface area contributed by atoms with Gasteiger partial charge < -0.3 is 10.2 Å². The van der Waals surface area contributed by atoms with E-state index in [0.29, 0.717) is 0 Å². The van der Waals surface area contributed by atoms with E-state index in [4.69, 9.17) is 12.2 Å². The predicted octanol–water partition coefficient (Wildman–Crippen LogP) is 1.98. The van der Waals surface area contributed by atoms with Crippen LogP contribution in [0.5, 0.6) is 0 Å². The Balaban J connectivity index is 1.34. The smallest absolute Gasteiger partial charge is 0.169 e. The lowest BCUT2D eigenvalue weighted by molar-refractivity contribution is 0.174. The van der Waals surface area contributed by atoms with E-state index in [9.17, 15) is 0 Å². The molecule has 0 radical (unpaired) electrons. The molecule has 1 saturated heterocycles. The number of nitrogens with zero attached hydrogens (tertiary/aromatic N) is 5. The first-order valence-electron chi connectivity index (χ1n) is 9.27. The molecular formula is C19H28N6S. The van der Waals surface area contributed by atoms with Crippen LogP contribution in [0.25, 0.3) is 0 Å². The third-order valence-corrected chi connectivity index (χ3v) is 5.12. The Morgan fingerprint density at radius 1 is 1.23 bits per heavy atom. The minimum Gasteiger partial charge on any atom is -0.362 e. The van der Waals surface area contributed by atoms with E-state index in [-0.39, 0.29) is 0 Å². The Kier molecular flexibility index (Phi) is 6.57. The SMILES string of the molecule is Cc1cc(C)n(CCCNC(=S)N2CCN(Cc3cccnc3)CC2)n1. The maximum Gasteiger partial charge on any atom is 0.169 e. The summed E-state index contributed by atoms with van der Waals surface area (Å²) in [6, 6.07) is 6.24. The van der Waals surface area contributed by atoms with Crippen LogP contribution in [0.1, 0.15) is 23.4 Å². The summed E-state index contributed by atoms with van der Waals surface area (Å²) in [5.74, 6) is 0. The van der Waals surface area contributed by atoms with Crippen molar-refractivity contribution in [1.29, 1.82) is 0 Å². The topological polar surface area (TPSA) is 49.2 Å². The summed E-state index contributed by atoms with van der Waals surface area (Å²) >= 11 is 5.57. The van der Waals surface area contributed by atoms with Crippen molar-refractivity contribution in [2.75, 3.05) is 32.7 Å². The molecule has 0 spiro atoms. The quantitative estimate of drug-likeness (QED) is 0.618. The number of hydrogen-bond acceptors (Lipinski definition) is 4. The lowest BCUT2D eigenvalue weighted by Gasteiger charge is -2.36. The van der Waals surface area contributed by atoms with Gasteiger partial charge in [0.2, 0.25) is 0 Å². The minimum atomic E-state index is 0.874. The number of hydrogen-bond donors (Lipinski definition) is 1. The number of thiocarbonyl (C=S) groups is 1. The van der Waals surface area contributed by atoms with Crippen LogP contribution in [0.4, 0.5) is 0 Å². The molecule has 2 aromatic heterocycles. The maximum absolute atomic E-state index is 5.57. The van der Waals surface area contributed by atoms with E-state index in [1.165, 1.54) is 11.3 Å². The molecule has 0 atom stereocenters. The van der Waals surface area contributed by atoms with Gasteiger partial charge in [-0.25, -0.2) is 0 Å². The van der Waals surface area contributed by atoms with Crippen LogP contribution in [0.2, 0.25) is 0 Å². The summed E-state index contributed by atoms with van der Waals surface area (Å²) in [6.07, 6.45) is 4.78. The average molecular weight is 373 g/mol. The lowest BCUT2D eigenvalue weighted by Crippen LogP contribution is -2.51. The average Bonchev–Trinajstić information content (AvgIpc) is 2.97. The van der Waals surface area contributed by atoms with Crippen LogP contribution in [0, 0.1) is 13.8 Å². The predicted molar refractivity (Wildman–Crippen MR) is 108 cm³/mol. The number of nitrogens with one attached hydrogen (secondary N) is 1. The zero-order valence-corrected chi connectivity index (χ0v) is 16.5. The summed E-state index contributed by atoms with van der Waals surface area (Å²) in [5.41, 5.74) is 3.57. The number of pyridine rings is 1. The first-order chi connectivity index (χ1) is 12.6. The molecule has 0 unspecified atom stereocenters. The van der Waals surface area contributed by atoms with Gasteiger partial charge in [-0.2, -0.15) is 5.10 Å². The molecule has 0 saturated carbocycles. The molecule has 26 heavy (non-hydrogen) atoms. The zero-order chi connectivity index (χ0) is 18.4. The van der Waals surface area contributed by atoms with E-state index in [2.05, 4.69) is 48.9 Å². The van der Waals surface area contributed by atoms with Crippen LogP contribution in [0.3, 0.4) is 0 Å². The largest absolute Gasteiger partial charge is 0.362 e. The summed E-state index contributed by atoms with van der Waals surface area (Å²) in [7, 11) is 0. The Morgan fingerprint density at radius 3 is 2.69 bits per heavy atom. The maximum atomic E-state index is 5.57. The van der Waals surface area contributed by atoms with Crippen LogP contribution in [-0.4, -0.2) is 62.4 Å². The third-order valence-electron chi connectivity index (χ3n) is 4.71. The number of rotatable bonds is 6. The van der Waals surface area contributed by atoms with Gasteiger partial charge in [-0.1, -0.05) is 6.07 Å². The zero-order valence-electron chi connectivity index (χ0n) is 15.7. The van der Waals surface area contributed by atoms with Gasteiger partial charge in [-0.3, -0.25) is 14.6 Å². The van der Waals surface area contributed by atoms with Crippen LogP contribution < -0.4 is 5.32 Å². The normalized spacial score (nSPS) is 15.2. The molecule has 1 fully saturated rings. The first kappa shape index (κ1) is 18.8. The van der Waals surface area contributed by atoms with Gasteiger partial charge in [0.05, 0.1) is 5.69 Å². The molecule has 6 nitrogen and oxygen atoms in total. The fraction of sp³-hybridized carbons (Fsp3) is 0.526. The van der Waals surface area contributed by atoms with Crippen LogP contribution >= 0.6 is 12.2 Å². The van der Waals surface area contributed by atoms with Crippen molar-refractivity contribution in [2.24, 2.45) is 0 Å². The second-order valence-corrected chi connectivity index (χ2v) is 7.25. The van der Waals surface area contributed by atoms with Crippen molar-refractivity contribution in [3.63, 3.8) is 0 Å². The summed E-state index contributed by atoms with van der Waals surface area (Å²) in [5, 5.41) is 8.77. The number of piperazine rings is 1. The highest BCUT2D eigenvalue weighted by Crippen LogP contribution is 2.08. The van der Waals surface area contributed by atoms with Gasteiger partial charge in [0.1, 0.15) is 0 Å². The highest BCUT2D eigenvalue weighted by Gasteiger charge is 2.18. The van der Waals surface area contributed by atoms with Crippen molar-refractivity contribution < 1.29 is 0 Å². The standard InChI is InChI=1S/C19H28N6S/c1-16-13-17(2)25(22-16)8-4-7-21-19(26)24-11-9-23(10-12-24)15-18-5-3-6-20-14-18/h3,5-6,13-14H,4,7-12,15H2,1-2H3,(H,21,26). The molecule has 0 bridgehead atoms. The Labute approximate surface area is 161 Å². The third kappa shape index (κ3) is 5.25. The minimum absolute atomic E-state index is 0.874. The molecule has 140 valence electrons. The second kappa shape index (κ2) is 9.09. The van der Waals surface area contributed by atoms with Gasteiger partial charge in [0.25, 0.3) is 0 Å². The fourth-order valence-electron chi connectivity index (χ4n) is 3.30. The van der Waals surface area contributed by atoms with Crippen molar-refractivity contribution in [3.8, 4) is 0 Å². The van der Waals surface area contributed by atoms with E-state index in [0.717, 1.165) is 63.0 Å². The van der Waals surface area contributed by atoms with Gasteiger partial charge in [0.15, 0.2) is 5.11 Å². The lowest BCUT2D eigenvalue weighted by atomic mass is 10.2. The fourth-order valence-corrected chi connectivity index (χ4v) is 3.58. The molecule has 1 aliphatic heterocycles. The molecule has 0 aliphatic carbocycles. The van der Waals surface area contributed by atoms with Gasteiger partial charge in [-0.15, -0.1) is 0 Å². The Morgan fingerprint density at radius 2 is 2.04 bits per heavy atom. The Bertz CT molecular complexity index is 706. The van der Waals surface area contributed by atoms with Gasteiger partial charge >= 0.3 is 0 Å². The Hall–Kier alpha value is -1.99. The van der Waals surface area contributed by atoms with Gasteiger partial charge in [-0.05, 0) is 50.2 Å². The second-order valence-electron chi connectivity index (χ2n) is 6.86. The molecule has 2 aromatic rings. The molecular weight excluding hydrogens is 344 g/mol. The van der Waals surface area contributed by atoms with Crippen LogP contribution in [0.15, 0.2) is 30.6 Å². The van der Waals surface area contributed by atoms with Gasteiger partial charge in [0, 0.05) is 63.9 Å². The summed E-state index contributed by atoms with van der Waals surface area (Å²) < 4.78 is 2.07. The monoisotopic (exact) mass is 372 g/mol. The van der Waals surface area contributed by atoms with E-state index in [1.54, 1.807) is 0 Å². The molecule has 3 heterocycles. The molecule has 7 heteroatoms. The number of aryl methyl sites for hydroxylation is 3.